The van der Waals surface area contributed by atoms with E-state index in [1.54, 1.807) is 0 Å². The number of hydrogen-bond acceptors (Lipinski definition) is 3. The van der Waals surface area contributed by atoms with Crippen LogP contribution in [-0.2, 0) is 0 Å². The molecule has 0 heterocycles. The van der Waals surface area contributed by atoms with Gasteiger partial charge < -0.3 is 15.3 Å². The van der Waals surface area contributed by atoms with Gasteiger partial charge in [0.1, 0.15) is 0 Å². The number of rotatable bonds is 20. The van der Waals surface area contributed by atoms with E-state index in [1.165, 1.54) is 51.4 Å². The molecule has 0 fully saturated rings. The minimum atomic E-state index is -0.584. The third-order valence-corrected chi connectivity index (χ3v) is 6.25. The molecule has 164 valence electrons. The lowest BCUT2D eigenvalue weighted by atomic mass is 9.83. The maximum atomic E-state index is 11.2. The summed E-state index contributed by atoms with van der Waals surface area (Å²) in [6.45, 7) is 6.90. The lowest BCUT2D eigenvalue weighted by Gasteiger charge is -2.30. The number of aliphatic hydroxyl groups is 3. The molecule has 3 N–H and O–H groups in total. The largest absolute Gasteiger partial charge is 0.396 e. The van der Waals surface area contributed by atoms with Gasteiger partial charge in [0.15, 0.2) is 0 Å². The molecule has 0 amide bonds. The van der Waals surface area contributed by atoms with Crippen LogP contribution in [0.25, 0.3) is 0 Å². The van der Waals surface area contributed by atoms with Gasteiger partial charge in [0.25, 0.3) is 0 Å². The van der Waals surface area contributed by atoms with Gasteiger partial charge >= 0.3 is 0 Å². The molecule has 0 spiro atoms. The van der Waals surface area contributed by atoms with Crippen molar-refractivity contribution in [1.29, 1.82) is 0 Å². The molecule has 3 heteroatoms. The zero-order valence-corrected chi connectivity index (χ0v) is 18.7. The van der Waals surface area contributed by atoms with E-state index in [4.69, 9.17) is 0 Å². The highest BCUT2D eigenvalue weighted by atomic mass is 16.3. The van der Waals surface area contributed by atoms with E-state index in [0.29, 0.717) is 11.8 Å². The highest BCUT2D eigenvalue weighted by Crippen LogP contribution is 2.30. The summed E-state index contributed by atoms with van der Waals surface area (Å²) in [7, 11) is 0. The van der Waals surface area contributed by atoms with Gasteiger partial charge in [-0.2, -0.15) is 0 Å². The van der Waals surface area contributed by atoms with Crippen molar-refractivity contribution in [3.05, 3.63) is 0 Å². The van der Waals surface area contributed by atoms with E-state index < -0.39 is 5.60 Å². The maximum absolute atomic E-state index is 11.2. The first-order chi connectivity index (χ1) is 13.0. The van der Waals surface area contributed by atoms with Gasteiger partial charge in [0, 0.05) is 13.2 Å². The van der Waals surface area contributed by atoms with E-state index in [1.807, 2.05) is 0 Å². The van der Waals surface area contributed by atoms with Gasteiger partial charge in [0.2, 0.25) is 0 Å². The Hall–Kier alpha value is -0.120. The number of unbranched alkanes of at least 4 members (excludes halogenated alkanes) is 8. The molecule has 0 radical (unpaired) electrons. The van der Waals surface area contributed by atoms with Crippen molar-refractivity contribution in [2.45, 2.75) is 129 Å². The Bertz CT molecular complexity index is 304. The minimum absolute atomic E-state index is 0.228. The summed E-state index contributed by atoms with van der Waals surface area (Å²) in [6, 6.07) is 0. The zero-order valence-electron chi connectivity index (χ0n) is 18.7. The molecule has 0 saturated carbocycles. The zero-order chi connectivity index (χ0) is 20.4. The van der Waals surface area contributed by atoms with Gasteiger partial charge in [-0.1, -0.05) is 91.4 Å². The smallest absolute Gasteiger partial charge is 0.0648 e. The second kappa shape index (κ2) is 17.9. The van der Waals surface area contributed by atoms with Crippen LogP contribution >= 0.6 is 0 Å². The summed E-state index contributed by atoms with van der Waals surface area (Å²) < 4.78 is 0. The van der Waals surface area contributed by atoms with E-state index >= 15 is 0 Å². The van der Waals surface area contributed by atoms with Gasteiger partial charge in [0.05, 0.1) is 5.60 Å². The van der Waals surface area contributed by atoms with Crippen LogP contribution in [0.1, 0.15) is 124 Å². The van der Waals surface area contributed by atoms with Crippen LogP contribution in [0.4, 0.5) is 0 Å². The average Bonchev–Trinajstić information content (AvgIpc) is 2.67. The third-order valence-electron chi connectivity index (χ3n) is 6.25. The highest BCUT2D eigenvalue weighted by Gasteiger charge is 2.27. The van der Waals surface area contributed by atoms with Crippen molar-refractivity contribution in [3.63, 3.8) is 0 Å². The summed E-state index contributed by atoms with van der Waals surface area (Å²) in [6.07, 6.45) is 18.1. The molecule has 3 atom stereocenters. The molecule has 0 saturated heterocycles. The van der Waals surface area contributed by atoms with Crippen LogP contribution in [0.5, 0.6) is 0 Å². The Morgan fingerprint density at radius 1 is 0.667 bits per heavy atom. The normalized spacial score (nSPS) is 16.2. The second-order valence-corrected chi connectivity index (χ2v) is 8.98. The summed E-state index contributed by atoms with van der Waals surface area (Å²) in [4.78, 5) is 0. The van der Waals surface area contributed by atoms with Gasteiger partial charge in [-0.15, -0.1) is 0 Å². The summed E-state index contributed by atoms with van der Waals surface area (Å²) >= 11 is 0. The van der Waals surface area contributed by atoms with Gasteiger partial charge in [-0.3, -0.25) is 0 Å². The number of hydrogen-bond donors (Lipinski definition) is 3. The first-order valence-corrected chi connectivity index (χ1v) is 11.9. The van der Waals surface area contributed by atoms with E-state index in [9.17, 15) is 15.3 Å². The van der Waals surface area contributed by atoms with Crippen molar-refractivity contribution in [3.8, 4) is 0 Å². The first-order valence-electron chi connectivity index (χ1n) is 11.9. The molecule has 3 unspecified atom stereocenters. The Morgan fingerprint density at radius 3 is 1.74 bits per heavy atom. The molecule has 0 bridgehead atoms. The Kier molecular flexibility index (Phi) is 17.9. The topological polar surface area (TPSA) is 60.7 Å². The molecule has 3 nitrogen and oxygen atoms in total. The molecule has 0 aromatic carbocycles. The van der Waals surface area contributed by atoms with Crippen LogP contribution in [0.3, 0.4) is 0 Å². The van der Waals surface area contributed by atoms with E-state index in [2.05, 4.69) is 20.8 Å². The number of aliphatic hydroxyl groups excluding tert-OH is 2. The van der Waals surface area contributed by atoms with E-state index in [0.717, 1.165) is 51.4 Å². The SMILES string of the molecule is CCCCCCCCCCCC(O)(CCCC(C)CO)CCC(CC)CO. The van der Waals surface area contributed by atoms with Crippen LogP contribution in [-0.4, -0.2) is 34.1 Å². The first kappa shape index (κ1) is 26.9. The second-order valence-electron chi connectivity index (χ2n) is 8.98. The molecule has 0 aliphatic carbocycles. The molecule has 0 aromatic rings. The van der Waals surface area contributed by atoms with Crippen molar-refractivity contribution in [2.24, 2.45) is 11.8 Å². The van der Waals surface area contributed by atoms with E-state index in [-0.39, 0.29) is 13.2 Å². The monoisotopic (exact) mass is 386 g/mol. The Morgan fingerprint density at radius 2 is 1.22 bits per heavy atom. The molecular formula is C24H50O3. The molecule has 0 aliphatic heterocycles. The lowest BCUT2D eigenvalue weighted by Crippen LogP contribution is -2.30. The third kappa shape index (κ3) is 15.5. The molecule has 0 aromatic heterocycles. The molecule has 0 aliphatic rings. The molecular weight excluding hydrogens is 336 g/mol. The Balaban J connectivity index is 4.16. The maximum Gasteiger partial charge on any atom is 0.0648 e. The van der Waals surface area contributed by atoms with Crippen LogP contribution in [0.15, 0.2) is 0 Å². The lowest BCUT2D eigenvalue weighted by molar-refractivity contribution is 0.000304. The minimum Gasteiger partial charge on any atom is -0.396 e. The van der Waals surface area contributed by atoms with Crippen molar-refractivity contribution >= 4 is 0 Å². The highest BCUT2D eigenvalue weighted by molar-refractivity contribution is 4.80. The average molecular weight is 387 g/mol. The van der Waals surface area contributed by atoms with Gasteiger partial charge in [-0.25, -0.2) is 0 Å². The Labute approximate surface area is 170 Å². The van der Waals surface area contributed by atoms with Crippen molar-refractivity contribution in [1.82, 2.24) is 0 Å². The molecule has 0 rings (SSSR count). The summed E-state index contributed by atoms with van der Waals surface area (Å²) in [5, 5.41) is 29.8. The van der Waals surface area contributed by atoms with Crippen molar-refractivity contribution in [2.75, 3.05) is 13.2 Å². The molecule has 27 heavy (non-hydrogen) atoms. The predicted molar refractivity (Wildman–Crippen MR) is 117 cm³/mol. The van der Waals surface area contributed by atoms with Crippen LogP contribution < -0.4 is 0 Å². The fourth-order valence-electron chi connectivity index (χ4n) is 3.91. The predicted octanol–water partition coefficient (Wildman–Crippen LogP) is 6.24. The van der Waals surface area contributed by atoms with Crippen LogP contribution in [0, 0.1) is 11.8 Å². The fraction of sp³-hybridized carbons (Fsp3) is 1.00. The fourth-order valence-corrected chi connectivity index (χ4v) is 3.91. The summed E-state index contributed by atoms with van der Waals surface area (Å²) in [5.74, 6) is 0.638. The summed E-state index contributed by atoms with van der Waals surface area (Å²) in [5.41, 5.74) is -0.584. The van der Waals surface area contributed by atoms with Crippen molar-refractivity contribution < 1.29 is 15.3 Å². The standard InChI is InChI=1S/C24H50O3/c1-4-6-7-8-9-10-11-12-13-17-24(27,18-14-15-22(3)20-25)19-16-23(5-2)21-26/h22-23,25-27H,4-21H2,1-3H3. The van der Waals surface area contributed by atoms with Crippen LogP contribution in [0.2, 0.25) is 0 Å². The van der Waals surface area contributed by atoms with Gasteiger partial charge in [-0.05, 0) is 43.9 Å². The quantitative estimate of drug-likeness (QED) is 0.217.